The summed E-state index contributed by atoms with van der Waals surface area (Å²) in [5, 5.41) is 3.85. The zero-order chi connectivity index (χ0) is 16.4. The van der Waals surface area contributed by atoms with Crippen molar-refractivity contribution in [2.45, 2.75) is 0 Å². The monoisotopic (exact) mass is 313 g/mol. The largest absolute Gasteiger partial charge is 0.368 e. The van der Waals surface area contributed by atoms with E-state index >= 15 is 0 Å². The molecular weight excluding hydrogens is 294 g/mol. The molecule has 1 aliphatic carbocycles. The quantitative estimate of drug-likeness (QED) is 0.778. The van der Waals surface area contributed by atoms with Crippen LogP contribution in [-0.2, 0) is 0 Å². The van der Waals surface area contributed by atoms with Crippen LogP contribution in [0.4, 0.5) is 4.79 Å². The molecule has 23 heavy (non-hydrogen) atoms. The van der Waals surface area contributed by atoms with E-state index in [2.05, 4.69) is 27.4 Å². The number of hydrazone groups is 1. The zero-order valence-electron chi connectivity index (χ0n) is 13.0. The average Bonchev–Trinajstić information content (AvgIpc) is 2.55. The minimum atomic E-state index is -0.793. The average molecular weight is 313 g/mol. The molecule has 3 rings (SSSR count). The van der Waals surface area contributed by atoms with Crippen LogP contribution >= 0.6 is 0 Å². The van der Waals surface area contributed by atoms with Gasteiger partial charge in [0.2, 0.25) is 5.78 Å². The smallest absolute Gasteiger partial charge is 0.332 e. The number of amides is 2. The summed E-state index contributed by atoms with van der Waals surface area (Å²) in [7, 11) is 2.09. The van der Waals surface area contributed by atoms with Gasteiger partial charge in [-0.2, -0.15) is 5.10 Å². The normalized spacial score (nSPS) is 20.2. The fourth-order valence-electron chi connectivity index (χ4n) is 2.82. The number of nitrogens with zero attached hydrogens (tertiary/aromatic N) is 3. The Morgan fingerprint density at radius 2 is 1.83 bits per heavy atom. The van der Waals surface area contributed by atoms with Crippen molar-refractivity contribution in [1.29, 1.82) is 0 Å². The van der Waals surface area contributed by atoms with Crippen LogP contribution in [0.15, 0.2) is 35.4 Å². The van der Waals surface area contributed by atoms with Gasteiger partial charge in [0.1, 0.15) is 5.71 Å². The van der Waals surface area contributed by atoms with E-state index in [1.807, 2.05) is 18.2 Å². The Kier molecular flexibility index (Phi) is 4.12. The van der Waals surface area contributed by atoms with Crippen molar-refractivity contribution < 1.29 is 9.59 Å². The van der Waals surface area contributed by atoms with Gasteiger partial charge >= 0.3 is 6.03 Å². The number of benzene rings is 1. The van der Waals surface area contributed by atoms with Crippen LogP contribution in [0.25, 0.3) is 5.70 Å². The van der Waals surface area contributed by atoms with Gasteiger partial charge in [0.25, 0.3) is 0 Å². The fraction of sp³-hybridized carbons (Fsp3) is 0.312. The molecule has 1 saturated heterocycles. The minimum Gasteiger partial charge on any atom is -0.368 e. The maximum atomic E-state index is 12.5. The number of hydrogen-bond donors (Lipinski definition) is 2. The molecule has 2 amide bonds. The number of likely N-dealkylation sites (N-methyl/N-ethyl adjacent to an activating group) is 1. The molecule has 120 valence electrons. The second-order valence-corrected chi connectivity index (χ2v) is 5.67. The molecule has 0 aromatic heterocycles. The van der Waals surface area contributed by atoms with E-state index in [0.717, 1.165) is 37.4 Å². The van der Waals surface area contributed by atoms with Crippen LogP contribution in [-0.4, -0.2) is 60.6 Å². The van der Waals surface area contributed by atoms with Crippen molar-refractivity contribution >= 4 is 23.2 Å². The van der Waals surface area contributed by atoms with Gasteiger partial charge in [-0.15, -0.1) is 0 Å². The number of primary amides is 1. The van der Waals surface area contributed by atoms with Gasteiger partial charge in [0.15, 0.2) is 0 Å². The standard InChI is InChI=1S/C16H19N5O2/c1-20-6-8-21(9-7-20)14-10-13(18-19-16(17)23)15(22)12-5-3-2-4-11(12)14/h2-5,10H,6-9H2,1H3,(H3,17,19,23). The molecule has 7 nitrogen and oxygen atoms in total. The molecular formula is C16H19N5O2. The summed E-state index contributed by atoms with van der Waals surface area (Å²) in [6.07, 6.45) is 1.73. The molecule has 0 unspecified atom stereocenters. The highest BCUT2D eigenvalue weighted by Gasteiger charge is 2.28. The second-order valence-electron chi connectivity index (χ2n) is 5.67. The number of nitrogens with one attached hydrogen (secondary N) is 1. The molecule has 1 fully saturated rings. The van der Waals surface area contributed by atoms with Gasteiger partial charge in [-0.25, -0.2) is 10.2 Å². The second kappa shape index (κ2) is 6.21. The van der Waals surface area contributed by atoms with Crippen molar-refractivity contribution in [2.24, 2.45) is 10.8 Å². The van der Waals surface area contributed by atoms with E-state index < -0.39 is 6.03 Å². The first-order valence-corrected chi connectivity index (χ1v) is 7.48. The summed E-state index contributed by atoms with van der Waals surface area (Å²) >= 11 is 0. The minimum absolute atomic E-state index is 0.191. The number of hydrogen-bond acceptors (Lipinski definition) is 5. The number of carbonyl (C=O) groups is 2. The Hall–Kier alpha value is -2.67. The Morgan fingerprint density at radius 3 is 2.48 bits per heavy atom. The molecule has 7 heteroatoms. The van der Waals surface area contributed by atoms with Crippen LogP contribution in [0.1, 0.15) is 15.9 Å². The lowest BCUT2D eigenvalue weighted by Gasteiger charge is -2.37. The van der Waals surface area contributed by atoms with Crippen molar-refractivity contribution in [3.63, 3.8) is 0 Å². The first-order valence-electron chi connectivity index (χ1n) is 7.48. The van der Waals surface area contributed by atoms with E-state index in [1.54, 1.807) is 12.1 Å². The van der Waals surface area contributed by atoms with Gasteiger partial charge in [0, 0.05) is 43.0 Å². The summed E-state index contributed by atoms with van der Waals surface area (Å²) in [6, 6.07) is 6.66. The third kappa shape index (κ3) is 3.09. The number of allylic oxidation sites excluding steroid dienone is 1. The number of rotatable bonds is 2. The molecule has 1 aromatic carbocycles. The van der Waals surface area contributed by atoms with Gasteiger partial charge < -0.3 is 15.5 Å². The Balaban J connectivity index is 2.00. The van der Waals surface area contributed by atoms with Crippen molar-refractivity contribution in [3.8, 4) is 0 Å². The maximum Gasteiger partial charge on any atom is 0.332 e. The SMILES string of the molecule is CN1CCN(C2=CC(=NNC(N)=O)C(=O)c3ccccc32)CC1. The maximum absolute atomic E-state index is 12.5. The first-order chi connectivity index (χ1) is 11.1. The molecule has 0 atom stereocenters. The van der Waals surface area contributed by atoms with E-state index in [-0.39, 0.29) is 11.5 Å². The number of piperazine rings is 1. The fourth-order valence-corrected chi connectivity index (χ4v) is 2.82. The Morgan fingerprint density at radius 1 is 1.17 bits per heavy atom. The number of fused-ring (bicyclic) bond motifs is 1. The predicted molar refractivity (Wildman–Crippen MR) is 88.0 cm³/mol. The van der Waals surface area contributed by atoms with Crippen LogP contribution in [0.5, 0.6) is 0 Å². The van der Waals surface area contributed by atoms with Gasteiger partial charge in [-0.1, -0.05) is 24.3 Å². The van der Waals surface area contributed by atoms with Crippen molar-refractivity contribution in [2.75, 3.05) is 33.2 Å². The summed E-state index contributed by atoms with van der Waals surface area (Å²) in [5.41, 5.74) is 9.82. The number of carbonyl (C=O) groups excluding carboxylic acids is 2. The molecule has 1 heterocycles. The van der Waals surface area contributed by atoms with Crippen LogP contribution in [0, 0.1) is 0 Å². The van der Waals surface area contributed by atoms with E-state index in [1.165, 1.54) is 0 Å². The highest BCUT2D eigenvalue weighted by atomic mass is 16.2. The summed E-state index contributed by atoms with van der Waals surface area (Å²) in [4.78, 5) is 27.9. The third-order valence-corrected chi connectivity index (χ3v) is 4.08. The van der Waals surface area contributed by atoms with Crippen LogP contribution in [0.2, 0.25) is 0 Å². The highest BCUT2D eigenvalue weighted by Crippen LogP contribution is 2.28. The molecule has 0 spiro atoms. The number of ketones is 1. The number of nitrogens with two attached hydrogens (primary N) is 1. The summed E-state index contributed by atoms with van der Waals surface area (Å²) < 4.78 is 0. The molecule has 1 aliphatic heterocycles. The van der Waals surface area contributed by atoms with E-state index in [9.17, 15) is 9.59 Å². The molecule has 3 N–H and O–H groups in total. The van der Waals surface area contributed by atoms with Crippen LogP contribution in [0.3, 0.4) is 0 Å². The Bertz CT molecular complexity index is 702. The molecule has 0 bridgehead atoms. The zero-order valence-corrected chi connectivity index (χ0v) is 13.0. The Labute approximate surface area is 134 Å². The lowest BCUT2D eigenvalue weighted by atomic mass is 9.91. The van der Waals surface area contributed by atoms with Gasteiger partial charge in [0.05, 0.1) is 0 Å². The summed E-state index contributed by atoms with van der Waals surface area (Å²) in [6.45, 7) is 3.67. The topological polar surface area (TPSA) is 91.0 Å². The molecule has 2 aliphatic rings. The van der Waals surface area contributed by atoms with Crippen molar-refractivity contribution in [1.82, 2.24) is 15.2 Å². The van der Waals surface area contributed by atoms with E-state index in [0.29, 0.717) is 5.56 Å². The first kappa shape index (κ1) is 15.2. The highest BCUT2D eigenvalue weighted by molar-refractivity contribution is 6.52. The van der Waals surface area contributed by atoms with Gasteiger partial charge in [-0.3, -0.25) is 4.79 Å². The number of Topliss-reactive ketones (excluding diaryl/α,β-unsaturated/α-hetero) is 1. The lowest BCUT2D eigenvalue weighted by molar-refractivity contribution is 0.106. The van der Waals surface area contributed by atoms with E-state index in [4.69, 9.17) is 5.73 Å². The molecule has 0 saturated carbocycles. The predicted octanol–water partition coefficient (Wildman–Crippen LogP) is 0.496. The number of urea groups is 1. The molecule has 1 aromatic rings. The lowest BCUT2D eigenvalue weighted by Crippen LogP contribution is -2.44. The molecule has 0 radical (unpaired) electrons. The van der Waals surface area contributed by atoms with Crippen molar-refractivity contribution in [3.05, 3.63) is 41.5 Å². The summed E-state index contributed by atoms with van der Waals surface area (Å²) in [5.74, 6) is -0.216. The van der Waals surface area contributed by atoms with Crippen LogP contribution < -0.4 is 11.2 Å². The third-order valence-electron chi connectivity index (χ3n) is 4.08. The van der Waals surface area contributed by atoms with Gasteiger partial charge in [-0.05, 0) is 13.1 Å².